The van der Waals surface area contributed by atoms with Crippen LogP contribution in [0.1, 0.15) is 104 Å². The molecule has 0 aromatic heterocycles. The Balaban J connectivity index is 3.70. The van der Waals surface area contributed by atoms with Crippen molar-refractivity contribution in [3.05, 3.63) is 97.2 Å². The lowest BCUT2D eigenvalue weighted by Crippen LogP contribution is -2.27. The average molecular weight is 567 g/mol. The molecule has 1 atom stereocenters. The second kappa shape index (κ2) is 33.5. The molecule has 0 aliphatic carbocycles. The number of aliphatic hydroxyl groups excluding tert-OH is 1. The van der Waals surface area contributed by atoms with Crippen molar-refractivity contribution in [2.75, 3.05) is 19.8 Å². The van der Waals surface area contributed by atoms with E-state index in [4.69, 9.17) is 9.47 Å². The molecule has 1 unspecified atom stereocenters. The third-order valence-corrected chi connectivity index (χ3v) is 5.92. The SMILES string of the molecule is CC/C=C\C/C=C\C/C=C\C/C=C\C/C=C\CCOCC(CO)OC(=O)CCCCC/C=C\C/C=C\C/C=C\CC. The van der Waals surface area contributed by atoms with Crippen molar-refractivity contribution >= 4 is 5.97 Å². The van der Waals surface area contributed by atoms with Crippen LogP contribution in [0.3, 0.4) is 0 Å². The van der Waals surface area contributed by atoms with Gasteiger partial charge in [0.15, 0.2) is 0 Å². The minimum atomic E-state index is -0.593. The maximum atomic E-state index is 12.1. The van der Waals surface area contributed by atoms with Gasteiger partial charge in [-0.3, -0.25) is 4.79 Å². The highest BCUT2D eigenvalue weighted by Gasteiger charge is 2.13. The number of aliphatic hydroxyl groups is 1. The Bertz CT molecular complexity index is 811. The van der Waals surface area contributed by atoms with E-state index in [0.717, 1.165) is 83.5 Å². The van der Waals surface area contributed by atoms with E-state index >= 15 is 0 Å². The number of hydrogen-bond donors (Lipinski definition) is 1. The molecule has 1 N–H and O–H groups in total. The molecule has 0 aromatic carbocycles. The van der Waals surface area contributed by atoms with Gasteiger partial charge < -0.3 is 14.6 Å². The summed E-state index contributed by atoms with van der Waals surface area (Å²) < 4.78 is 10.9. The Morgan fingerprint density at radius 2 is 1.02 bits per heavy atom. The maximum Gasteiger partial charge on any atom is 0.306 e. The molecule has 4 heteroatoms. The van der Waals surface area contributed by atoms with E-state index in [9.17, 15) is 9.90 Å². The van der Waals surface area contributed by atoms with Gasteiger partial charge in [-0.05, 0) is 77.0 Å². The number of ether oxygens (including phenoxy) is 2. The minimum Gasteiger partial charge on any atom is -0.457 e. The van der Waals surface area contributed by atoms with Gasteiger partial charge in [0.1, 0.15) is 6.10 Å². The van der Waals surface area contributed by atoms with Crippen molar-refractivity contribution < 1.29 is 19.4 Å². The van der Waals surface area contributed by atoms with Crippen LogP contribution in [0.2, 0.25) is 0 Å². The number of hydrogen-bond acceptors (Lipinski definition) is 4. The van der Waals surface area contributed by atoms with Gasteiger partial charge >= 0.3 is 5.97 Å². The molecular weight excluding hydrogens is 508 g/mol. The molecule has 0 aliphatic rings. The summed E-state index contributed by atoms with van der Waals surface area (Å²) in [6.45, 7) is 4.83. The van der Waals surface area contributed by atoms with E-state index in [0.29, 0.717) is 13.0 Å². The maximum absolute atomic E-state index is 12.1. The summed E-state index contributed by atoms with van der Waals surface area (Å²) in [7, 11) is 0. The Morgan fingerprint density at radius 3 is 1.49 bits per heavy atom. The lowest BCUT2D eigenvalue weighted by atomic mass is 10.1. The molecule has 0 radical (unpaired) electrons. The Labute approximate surface area is 252 Å². The standard InChI is InChI=1S/C37H58O4/c1-3-5-7-9-11-13-15-17-18-19-21-23-25-27-29-31-33-40-35-36(34-38)41-37(39)32-30-28-26-24-22-20-16-14-12-10-8-6-4-2/h5-8,11-14,17-18,20-23,27,29,36,38H,3-4,9-10,15-16,19,24-26,28,30-35H2,1-2H3/b7-5-,8-6-,13-11-,14-12-,18-17-,22-20-,23-21-,29-27-. The fourth-order valence-corrected chi connectivity index (χ4v) is 3.64. The molecule has 0 saturated carbocycles. The molecule has 0 fully saturated rings. The molecule has 230 valence electrons. The summed E-state index contributed by atoms with van der Waals surface area (Å²) in [5.41, 5.74) is 0. The average Bonchev–Trinajstić information content (AvgIpc) is 2.98. The third-order valence-electron chi connectivity index (χ3n) is 5.92. The molecule has 0 bridgehead atoms. The van der Waals surface area contributed by atoms with Crippen molar-refractivity contribution in [1.29, 1.82) is 0 Å². The highest BCUT2D eigenvalue weighted by Crippen LogP contribution is 2.07. The zero-order valence-corrected chi connectivity index (χ0v) is 26.0. The molecule has 4 nitrogen and oxygen atoms in total. The predicted octanol–water partition coefficient (Wildman–Crippen LogP) is 9.86. The highest BCUT2D eigenvalue weighted by molar-refractivity contribution is 5.69. The van der Waals surface area contributed by atoms with Gasteiger partial charge in [-0.2, -0.15) is 0 Å². The van der Waals surface area contributed by atoms with Crippen molar-refractivity contribution in [2.24, 2.45) is 0 Å². The minimum absolute atomic E-state index is 0.221. The van der Waals surface area contributed by atoms with Crippen molar-refractivity contribution in [1.82, 2.24) is 0 Å². The van der Waals surface area contributed by atoms with Crippen molar-refractivity contribution in [2.45, 2.75) is 110 Å². The summed E-state index contributed by atoms with van der Waals surface area (Å²) in [4.78, 5) is 12.1. The number of esters is 1. The summed E-state index contributed by atoms with van der Waals surface area (Å²) >= 11 is 0. The zero-order chi connectivity index (χ0) is 29.9. The van der Waals surface area contributed by atoms with E-state index < -0.39 is 6.10 Å². The lowest BCUT2D eigenvalue weighted by molar-refractivity contribution is -0.154. The summed E-state index contributed by atoms with van der Waals surface area (Å²) in [6, 6.07) is 0. The highest BCUT2D eigenvalue weighted by atomic mass is 16.6. The molecule has 0 aromatic rings. The second-order valence-corrected chi connectivity index (χ2v) is 9.76. The fourth-order valence-electron chi connectivity index (χ4n) is 3.64. The van der Waals surface area contributed by atoms with Gasteiger partial charge in [0, 0.05) is 6.42 Å². The first-order valence-corrected chi connectivity index (χ1v) is 15.8. The first-order chi connectivity index (χ1) is 20.2. The van der Waals surface area contributed by atoms with Crippen LogP contribution in [0.4, 0.5) is 0 Å². The zero-order valence-electron chi connectivity index (χ0n) is 26.0. The van der Waals surface area contributed by atoms with Crippen LogP contribution < -0.4 is 0 Å². The van der Waals surface area contributed by atoms with E-state index in [2.05, 4.69) is 111 Å². The van der Waals surface area contributed by atoms with E-state index in [1.165, 1.54) is 0 Å². The van der Waals surface area contributed by atoms with Crippen LogP contribution >= 0.6 is 0 Å². The number of carbonyl (C=O) groups excluding carboxylic acids is 1. The first-order valence-electron chi connectivity index (χ1n) is 15.8. The van der Waals surface area contributed by atoms with Gasteiger partial charge in [-0.25, -0.2) is 0 Å². The number of unbranched alkanes of at least 4 members (excludes halogenated alkanes) is 3. The van der Waals surface area contributed by atoms with Gasteiger partial charge in [0.25, 0.3) is 0 Å². The normalized spacial score (nSPS) is 13.7. The molecule has 41 heavy (non-hydrogen) atoms. The fraction of sp³-hybridized carbons (Fsp3) is 0.541. The number of rotatable bonds is 27. The van der Waals surface area contributed by atoms with Crippen LogP contribution in [0, 0.1) is 0 Å². The predicted molar refractivity (Wildman–Crippen MR) is 177 cm³/mol. The monoisotopic (exact) mass is 566 g/mol. The quantitative estimate of drug-likeness (QED) is 0.0611. The molecule has 0 amide bonds. The van der Waals surface area contributed by atoms with Crippen LogP contribution in [0.15, 0.2) is 97.2 Å². The van der Waals surface area contributed by atoms with Crippen LogP contribution in [-0.4, -0.2) is 37.0 Å². The van der Waals surface area contributed by atoms with Crippen molar-refractivity contribution in [3.63, 3.8) is 0 Å². The van der Waals surface area contributed by atoms with Gasteiger partial charge in [-0.15, -0.1) is 0 Å². The van der Waals surface area contributed by atoms with Crippen LogP contribution in [-0.2, 0) is 14.3 Å². The molecule has 0 aliphatic heterocycles. The molecule has 0 heterocycles. The number of carbonyl (C=O) groups is 1. The van der Waals surface area contributed by atoms with Gasteiger partial charge in [0.05, 0.1) is 19.8 Å². The van der Waals surface area contributed by atoms with E-state index in [1.807, 2.05) is 0 Å². The summed E-state index contributed by atoms with van der Waals surface area (Å²) in [6.07, 6.45) is 47.4. The second-order valence-electron chi connectivity index (χ2n) is 9.76. The Morgan fingerprint density at radius 1 is 0.585 bits per heavy atom. The largest absolute Gasteiger partial charge is 0.457 e. The van der Waals surface area contributed by atoms with Crippen molar-refractivity contribution in [3.8, 4) is 0 Å². The molecule has 0 spiro atoms. The summed E-state index contributed by atoms with van der Waals surface area (Å²) in [5, 5.41) is 9.50. The molecule has 0 saturated heterocycles. The molecule has 0 rings (SSSR count). The Kier molecular flexibility index (Phi) is 31.3. The number of allylic oxidation sites excluding steroid dienone is 15. The van der Waals surface area contributed by atoms with Crippen LogP contribution in [0.25, 0.3) is 0 Å². The van der Waals surface area contributed by atoms with E-state index in [1.54, 1.807) is 0 Å². The van der Waals surface area contributed by atoms with E-state index in [-0.39, 0.29) is 19.2 Å². The first kappa shape index (κ1) is 38.3. The Hall–Kier alpha value is -2.69. The molecular formula is C37H58O4. The van der Waals surface area contributed by atoms with Crippen LogP contribution in [0.5, 0.6) is 0 Å². The third kappa shape index (κ3) is 31.7. The smallest absolute Gasteiger partial charge is 0.306 e. The summed E-state index contributed by atoms with van der Waals surface area (Å²) in [5.74, 6) is -0.261. The topological polar surface area (TPSA) is 55.8 Å². The van der Waals surface area contributed by atoms with Gasteiger partial charge in [-0.1, -0.05) is 117 Å². The van der Waals surface area contributed by atoms with Gasteiger partial charge in [0.2, 0.25) is 0 Å². The lowest BCUT2D eigenvalue weighted by Gasteiger charge is -2.15.